The van der Waals surface area contributed by atoms with Crippen molar-refractivity contribution in [2.75, 3.05) is 12.0 Å². The average Bonchev–Trinajstić information content (AvgIpc) is 2.53. The molecule has 9 heteroatoms. The summed E-state index contributed by atoms with van der Waals surface area (Å²) in [4.78, 5) is 13.9. The van der Waals surface area contributed by atoms with E-state index in [1.807, 2.05) is 29.5 Å². The molecule has 2 aromatic rings. The molecule has 1 heterocycles. The molecule has 0 aliphatic carbocycles. The molecule has 23 heavy (non-hydrogen) atoms. The van der Waals surface area contributed by atoms with Gasteiger partial charge in [0.1, 0.15) is 12.0 Å². The Labute approximate surface area is 145 Å². The molecule has 0 amide bonds. The standard InChI is InChI=1S/C14H13IN4O4/c1-2-23-12-6-9(5-11(15)14(12)20)7-17-18-13-4-3-10(8-16-13)19(21)22/h3-8,20H,2H2,1H3,(H,16,18)/b17-7+. The molecular formula is C14H13IN4O4. The molecule has 0 unspecified atom stereocenters. The highest BCUT2D eigenvalue weighted by Gasteiger charge is 2.08. The van der Waals surface area contributed by atoms with Gasteiger partial charge in [0.25, 0.3) is 5.69 Å². The van der Waals surface area contributed by atoms with Gasteiger partial charge < -0.3 is 9.84 Å². The van der Waals surface area contributed by atoms with Crippen molar-refractivity contribution in [2.24, 2.45) is 5.10 Å². The molecule has 2 rings (SSSR count). The molecule has 0 saturated heterocycles. The number of aromatic nitrogens is 1. The maximum absolute atomic E-state index is 10.5. The molecule has 8 nitrogen and oxygen atoms in total. The minimum absolute atomic E-state index is 0.0889. The molecule has 0 bridgehead atoms. The number of hydrazone groups is 1. The summed E-state index contributed by atoms with van der Waals surface area (Å²) in [6.45, 7) is 2.27. The van der Waals surface area contributed by atoms with Crippen LogP contribution >= 0.6 is 22.6 Å². The van der Waals surface area contributed by atoms with Crippen LogP contribution < -0.4 is 10.2 Å². The number of rotatable bonds is 6. The van der Waals surface area contributed by atoms with Crippen LogP contribution in [0.3, 0.4) is 0 Å². The van der Waals surface area contributed by atoms with E-state index >= 15 is 0 Å². The SMILES string of the molecule is CCOc1cc(/C=N/Nc2ccc([N+](=O)[O-])cn2)cc(I)c1O. The number of nitrogens with one attached hydrogen (secondary N) is 1. The van der Waals surface area contributed by atoms with Crippen LogP contribution in [-0.2, 0) is 0 Å². The van der Waals surface area contributed by atoms with E-state index in [0.717, 1.165) is 11.8 Å². The van der Waals surface area contributed by atoms with Gasteiger partial charge in [-0.25, -0.2) is 4.98 Å². The predicted octanol–water partition coefficient (Wildman–Crippen LogP) is 3.14. The smallest absolute Gasteiger partial charge is 0.287 e. The summed E-state index contributed by atoms with van der Waals surface area (Å²) in [5.74, 6) is 0.856. The summed E-state index contributed by atoms with van der Waals surface area (Å²) in [5, 5.41) is 24.4. The maximum atomic E-state index is 10.5. The molecule has 0 atom stereocenters. The van der Waals surface area contributed by atoms with Gasteiger partial charge in [0, 0.05) is 6.07 Å². The third-order valence-electron chi connectivity index (χ3n) is 2.70. The molecule has 2 N–H and O–H groups in total. The van der Waals surface area contributed by atoms with Crippen LogP contribution in [0.25, 0.3) is 0 Å². The van der Waals surface area contributed by atoms with E-state index < -0.39 is 4.92 Å². The van der Waals surface area contributed by atoms with Gasteiger partial charge in [-0.15, -0.1) is 0 Å². The van der Waals surface area contributed by atoms with Crippen LogP contribution in [0.5, 0.6) is 11.5 Å². The number of aromatic hydroxyl groups is 1. The van der Waals surface area contributed by atoms with Crippen LogP contribution in [0.15, 0.2) is 35.6 Å². The van der Waals surface area contributed by atoms with Crippen molar-refractivity contribution in [3.8, 4) is 11.5 Å². The minimum Gasteiger partial charge on any atom is -0.504 e. The summed E-state index contributed by atoms with van der Waals surface area (Å²) in [6, 6.07) is 6.20. The van der Waals surface area contributed by atoms with Gasteiger partial charge >= 0.3 is 0 Å². The number of phenols is 1. The van der Waals surface area contributed by atoms with Crippen LogP contribution in [0, 0.1) is 13.7 Å². The number of hydrogen-bond acceptors (Lipinski definition) is 7. The lowest BCUT2D eigenvalue weighted by molar-refractivity contribution is -0.385. The second kappa shape index (κ2) is 7.72. The zero-order valence-electron chi connectivity index (χ0n) is 12.1. The molecule has 0 spiro atoms. The van der Waals surface area contributed by atoms with Crippen LogP contribution in [-0.4, -0.2) is 27.8 Å². The summed E-state index contributed by atoms with van der Waals surface area (Å²) < 4.78 is 5.99. The zero-order valence-corrected chi connectivity index (χ0v) is 14.2. The van der Waals surface area contributed by atoms with Crippen molar-refractivity contribution in [3.63, 3.8) is 0 Å². The predicted molar refractivity (Wildman–Crippen MR) is 94.1 cm³/mol. The largest absolute Gasteiger partial charge is 0.504 e. The summed E-state index contributed by atoms with van der Waals surface area (Å²) in [5.41, 5.74) is 3.31. The van der Waals surface area contributed by atoms with E-state index in [9.17, 15) is 15.2 Å². The number of ether oxygens (including phenoxy) is 1. The molecule has 1 aromatic heterocycles. The topological polar surface area (TPSA) is 110 Å². The first kappa shape index (κ1) is 16.9. The quantitative estimate of drug-likeness (QED) is 0.317. The lowest BCUT2D eigenvalue weighted by Crippen LogP contribution is -1.97. The number of pyridine rings is 1. The fourth-order valence-electron chi connectivity index (χ4n) is 1.67. The number of hydrogen-bond donors (Lipinski definition) is 2. The highest BCUT2D eigenvalue weighted by atomic mass is 127. The monoisotopic (exact) mass is 428 g/mol. The van der Waals surface area contributed by atoms with Crippen molar-refractivity contribution >= 4 is 40.3 Å². The third-order valence-corrected chi connectivity index (χ3v) is 3.52. The Morgan fingerprint density at radius 1 is 1.52 bits per heavy atom. The number of halogens is 1. The van der Waals surface area contributed by atoms with Crippen molar-refractivity contribution in [1.29, 1.82) is 0 Å². The Kier molecular flexibility index (Phi) is 5.68. The number of anilines is 1. The molecule has 0 fully saturated rings. The summed E-state index contributed by atoms with van der Waals surface area (Å²) >= 11 is 2.00. The van der Waals surface area contributed by atoms with Crippen LogP contribution in [0.4, 0.5) is 11.5 Å². The fourth-order valence-corrected chi connectivity index (χ4v) is 2.29. The normalized spacial score (nSPS) is 10.7. The molecule has 1 aromatic carbocycles. The van der Waals surface area contributed by atoms with Crippen molar-refractivity contribution in [3.05, 3.63) is 49.7 Å². The van der Waals surface area contributed by atoms with Crippen molar-refractivity contribution < 1.29 is 14.8 Å². The Hall–Kier alpha value is -2.43. The number of phenolic OH excluding ortho intramolecular Hbond substituents is 1. The van der Waals surface area contributed by atoms with Gasteiger partial charge in [0.05, 0.1) is 21.3 Å². The van der Waals surface area contributed by atoms with Gasteiger partial charge in [-0.2, -0.15) is 5.10 Å². The Morgan fingerprint density at radius 2 is 2.30 bits per heavy atom. The highest BCUT2D eigenvalue weighted by molar-refractivity contribution is 14.1. The van der Waals surface area contributed by atoms with E-state index in [4.69, 9.17) is 4.74 Å². The van der Waals surface area contributed by atoms with Crippen molar-refractivity contribution in [2.45, 2.75) is 6.92 Å². The number of nitrogens with zero attached hydrogens (tertiary/aromatic N) is 3. The Balaban J connectivity index is 2.09. The first-order chi connectivity index (χ1) is 11.0. The Bertz CT molecular complexity index is 734. The van der Waals surface area contributed by atoms with Gasteiger partial charge in [0.2, 0.25) is 0 Å². The molecule has 120 valence electrons. The third kappa shape index (κ3) is 4.52. The second-order valence-corrected chi connectivity index (χ2v) is 5.47. The van der Waals surface area contributed by atoms with Gasteiger partial charge in [0.15, 0.2) is 11.5 Å². The van der Waals surface area contributed by atoms with E-state index in [2.05, 4.69) is 15.5 Å². The van der Waals surface area contributed by atoms with E-state index in [0.29, 0.717) is 21.7 Å². The molecule has 0 aliphatic heterocycles. The molecule has 0 radical (unpaired) electrons. The van der Waals surface area contributed by atoms with Gasteiger partial charge in [-0.1, -0.05) is 0 Å². The summed E-state index contributed by atoms with van der Waals surface area (Å²) in [6.07, 6.45) is 2.68. The van der Waals surface area contributed by atoms with Gasteiger partial charge in [-0.05, 0) is 53.3 Å². The van der Waals surface area contributed by atoms with Crippen LogP contribution in [0.2, 0.25) is 0 Å². The first-order valence-electron chi connectivity index (χ1n) is 6.56. The maximum Gasteiger partial charge on any atom is 0.287 e. The zero-order chi connectivity index (χ0) is 16.8. The molecule has 0 aliphatic rings. The van der Waals surface area contributed by atoms with Gasteiger partial charge in [-0.3, -0.25) is 15.5 Å². The molecular weight excluding hydrogens is 415 g/mol. The van der Waals surface area contributed by atoms with Crippen molar-refractivity contribution in [1.82, 2.24) is 4.98 Å². The van der Waals surface area contributed by atoms with E-state index in [1.54, 1.807) is 12.1 Å². The van der Waals surface area contributed by atoms with Crippen LogP contribution in [0.1, 0.15) is 12.5 Å². The first-order valence-corrected chi connectivity index (χ1v) is 7.64. The summed E-state index contributed by atoms with van der Waals surface area (Å²) in [7, 11) is 0. The van der Waals surface area contributed by atoms with E-state index in [-0.39, 0.29) is 11.4 Å². The number of benzene rings is 1. The second-order valence-electron chi connectivity index (χ2n) is 4.31. The lowest BCUT2D eigenvalue weighted by atomic mass is 10.2. The fraction of sp³-hybridized carbons (Fsp3) is 0.143. The average molecular weight is 428 g/mol. The molecule has 0 saturated carbocycles. The number of nitro groups is 1. The minimum atomic E-state index is -0.520. The lowest BCUT2D eigenvalue weighted by Gasteiger charge is -2.08. The van der Waals surface area contributed by atoms with E-state index in [1.165, 1.54) is 18.3 Å². The Morgan fingerprint density at radius 3 is 2.91 bits per heavy atom. The highest BCUT2D eigenvalue weighted by Crippen LogP contribution is 2.32.